The smallest absolute Gasteiger partial charge is 0.414 e. The van der Waals surface area contributed by atoms with E-state index in [0.717, 1.165) is 24.2 Å². The monoisotopic (exact) mass is 291 g/mol. The molecule has 0 saturated heterocycles. The van der Waals surface area contributed by atoms with Gasteiger partial charge in [0.15, 0.2) is 0 Å². The molecular weight excluding hydrogens is 266 g/mol. The third-order valence-corrected chi connectivity index (χ3v) is 3.33. The molecule has 0 saturated carbocycles. The zero-order valence-corrected chi connectivity index (χ0v) is 13.1. The van der Waals surface area contributed by atoms with Gasteiger partial charge in [0.05, 0.1) is 5.69 Å². The van der Waals surface area contributed by atoms with Crippen molar-refractivity contribution in [2.45, 2.75) is 39.3 Å². The van der Waals surface area contributed by atoms with Crippen LogP contribution < -0.4 is 16.0 Å². The number of anilines is 1. The topological polar surface area (TPSA) is 67.6 Å². The SMILES string of the molecule is CC(C)(C)OC(=O)N1CCc2cccc(CNCCN)c21. The van der Waals surface area contributed by atoms with E-state index in [0.29, 0.717) is 19.6 Å². The minimum absolute atomic E-state index is 0.271. The van der Waals surface area contributed by atoms with E-state index in [4.69, 9.17) is 10.5 Å². The molecule has 0 bridgehead atoms. The normalized spacial score (nSPS) is 14.2. The Morgan fingerprint density at radius 1 is 1.43 bits per heavy atom. The van der Waals surface area contributed by atoms with Crippen LogP contribution in [0.25, 0.3) is 0 Å². The first-order valence-corrected chi connectivity index (χ1v) is 7.44. The molecule has 21 heavy (non-hydrogen) atoms. The van der Waals surface area contributed by atoms with Gasteiger partial charge in [-0.1, -0.05) is 18.2 Å². The van der Waals surface area contributed by atoms with Gasteiger partial charge in [-0.3, -0.25) is 4.90 Å². The third-order valence-electron chi connectivity index (χ3n) is 3.33. The highest BCUT2D eigenvalue weighted by atomic mass is 16.6. The lowest BCUT2D eigenvalue weighted by Crippen LogP contribution is -2.36. The highest BCUT2D eigenvalue weighted by Crippen LogP contribution is 2.33. The van der Waals surface area contributed by atoms with Gasteiger partial charge in [-0.05, 0) is 38.3 Å². The number of nitrogens with zero attached hydrogens (tertiary/aromatic N) is 1. The second-order valence-corrected chi connectivity index (χ2v) is 6.27. The fourth-order valence-corrected chi connectivity index (χ4v) is 2.50. The van der Waals surface area contributed by atoms with Crippen molar-refractivity contribution in [3.8, 4) is 0 Å². The molecule has 1 aromatic rings. The number of amides is 1. The van der Waals surface area contributed by atoms with Crippen LogP contribution in [0.15, 0.2) is 18.2 Å². The van der Waals surface area contributed by atoms with Crippen LogP contribution in [0.2, 0.25) is 0 Å². The van der Waals surface area contributed by atoms with Crippen molar-refractivity contribution in [3.63, 3.8) is 0 Å². The molecule has 1 aromatic carbocycles. The molecule has 116 valence electrons. The molecule has 0 radical (unpaired) electrons. The van der Waals surface area contributed by atoms with Crippen LogP contribution in [0, 0.1) is 0 Å². The molecule has 0 atom stereocenters. The lowest BCUT2D eigenvalue weighted by Gasteiger charge is -2.26. The molecule has 1 heterocycles. The Kier molecular flexibility index (Phi) is 4.85. The van der Waals surface area contributed by atoms with Gasteiger partial charge < -0.3 is 15.8 Å². The number of hydrogen-bond donors (Lipinski definition) is 2. The number of nitrogens with two attached hydrogens (primary N) is 1. The molecule has 1 aliphatic heterocycles. The maximum Gasteiger partial charge on any atom is 0.414 e. The molecule has 0 fully saturated rings. The Balaban J connectivity index is 2.19. The predicted octanol–water partition coefficient (Wildman–Crippen LogP) is 2.03. The fraction of sp³-hybridized carbons (Fsp3) is 0.562. The van der Waals surface area contributed by atoms with Crippen LogP contribution in [0.1, 0.15) is 31.9 Å². The molecular formula is C16H25N3O2. The van der Waals surface area contributed by atoms with Crippen molar-refractivity contribution >= 4 is 11.8 Å². The average molecular weight is 291 g/mol. The van der Waals surface area contributed by atoms with Crippen molar-refractivity contribution in [2.75, 3.05) is 24.5 Å². The second kappa shape index (κ2) is 6.45. The standard InChI is InChI=1S/C16H25N3O2/c1-16(2,3)21-15(20)19-10-7-12-5-4-6-13(14(12)19)11-18-9-8-17/h4-6,18H,7-11,17H2,1-3H3. The molecule has 3 N–H and O–H groups in total. The van der Waals surface area contributed by atoms with Crippen LogP contribution in [0.4, 0.5) is 10.5 Å². The second-order valence-electron chi connectivity index (χ2n) is 6.27. The van der Waals surface area contributed by atoms with E-state index in [-0.39, 0.29) is 6.09 Å². The highest BCUT2D eigenvalue weighted by molar-refractivity contribution is 5.91. The van der Waals surface area contributed by atoms with E-state index >= 15 is 0 Å². The largest absolute Gasteiger partial charge is 0.443 e. The molecule has 2 rings (SSSR count). The molecule has 1 aliphatic rings. The summed E-state index contributed by atoms with van der Waals surface area (Å²) < 4.78 is 5.51. The van der Waals surface area contributed by atoms with Gasteiger partial charge in [0.1, 0.15) is 5.60 Å². The van der Waals surface area contributed by atoms with Gasteiger partial charge in [0, 0.05) is 26.2 Å². The van der Waals surface area contributed by atoms with E-state index < -0.39 is 5.60 Å². The van der Waals surface area contributed by atoms with E-state index in [1.165, 1.54) is 5.56 Å². The van der Waals surface area contributed by atoms with E-state index in [2.05, 4.69) is 11.4 Å². The summed E-state index contributed by atoms with van der Waals surface area (Å²) in [5.74, 6) is 0. The number of carbonyl (C=O) groups is 1. The number of hydrogen-bond acceptors (Lipinski definition) is 4. The maximum absolute atomic E-state index is 12.4. The molecule has 1 amide bonds. The Morgan fingerprint density at radius 3 is 2.86 bits per heavy atom. The number of fused-ring (bicyclic) bond motifs is 1. The summed E-state index contributed by atoms with van der Waals surface area (Å²) in [7, 11) is 0. The minimum Gasteiger partial charge on any atom is -0.443 e. The summed E-state index contributed by atoms with van der Waals surface area (Å²) in [5, 5.41) is 3.29. The van der Waals surface area contributed by atoms with Crippen LogP contribution in [-0.2, 0) is 17.7 Å². The van der Waals surface area contributed by atoms with Crippen LogP contribution in [-0.4, -0.2) is 31.3 Å². The van der Waals surface area contributed by atoms with Gasteiger partial charge in [-0.25, -0.2) is 4.79 Å². The minimum atomic E-state index is -0.480. The molecule has 5 heteroatoms. The van der Waals surface area contributed by atoms with E-state index in [9.17, 15) is 4.79 Å². The van der Waals surface area contributed by atoms with E-state index in [1.54, 1.807) is 4.90 Å². The van der Waals surface area contributed by atoms with Gasteiger partial charge in [-0.2, -0.15) is 0 Å². The first kappa shape index (κ1) is 15.8. The van der Waals surface area contributed by atoms with Crippen molar-refractivity contribution in [1.29, 1.82) is 0 Å². The molecule has 5 nitrogen and oxygen atoms in total. The Hall–Kier alpha value is -1.59. The lowest BCUT2D eigenvalue weighted by molar-refractivity contribution is 0.0583. The fourth-order valence-electron chi connectivity index (χ4n) is 2.50. The van der Waals surface area contributed by atoms with Gasteiger partial charge >= 0.3 is 6.09 Å². The van der Waals surface area contributed by atoms with Gasteiger partial charge in [0.25, 0.3) is 0 Å². The van der Waals surface area contributed by atoms with Crippen LogP contribution >= 0.6 is 0 Å². The Morgan fingerprint density at radius 2 is 2.19 bits per heavy atom. The number of nitrogens with one attached hydrogen (secondary N) is 1. The van der Waals surface area contributed by atoms with Crippen molar-refractivity contribution in [3.05, 3.63) is 29.3 Å². The Labute approximate surface area is 126 Å². The number of carbonyl (C=O) groups excluding carboxylic acids is 1. The summed E-state index contributed by atoms with van der Waals surface area (Å²) in [6.45, 7) is 8.41. The average Bonchev–Trinajstić information content (AvgIpc) is 2.82. The zero-order chi connectivity index (χ0) is 15.5. The number of rotatable bonds is 4. The highest BCUT2D eigenvalue weighted by Gasteiger charge is 2.30. The first-order chi connectivity index (χ1) is 9.92. The number of benzene rings is 1. The zero-order valence-electron chi connectivity index (χ0n) is 13.1. The summed E-state index contributed by atoms with van der Waals surface area (Å²) in [6, 6.07) is 6.16. The number of para-hydroxylation sites is 1. The van der Waals surface area contributed by atoms with Gasteiger partial charge in [-0.15, -0.1) is 0 Å². The Bertz CT molecular complexity index is 509. The van der Waals surface area contributed by atoms with Gasteiger partial charge in [0.2, 0.25) is 0 Å². The van der Waals surface area contributed by atoms with Crippen molar-refractivity contribution in [1.82, 2.24) is 5.32 Å². The van der Waals surface area contributed by atoms with Crippen molar-refractivity contribution < 1.29 is 9.53 Å². The van der Waals surface area contributed by atoms with Crippen LogP contribution in [0.5, 0.6) is 0 Å². The lowest BCUT2D eigenvalue weighted by atomic mass is 10.1. The quantitative estimate of drug-likeness (QED) is 0.833. The summed E-state index contributed by atoms with van der Waals surface area (Å²) in [4.78, 5) is 14.1. The number of ether oxygens (including phenoxy) is 1. The third kappa shape index (κ3) is 3.95. The summed E-state index contributed by atoms with van der Waals surface area (Å²) in [6.07, 6.45) is 0.604. The molecule has 0 aliphatic carbocycles. The molecule has 0 unspecified atom stereocenters. The first-order valence-electron chi connectivity index (χ1n) is 7.44. The molecule has 0 aromatic heterocycles. The summed E-state index contributed by atoms with van der Waals surface area (Å²) in [5.41, 5.74) is 8.34. The maximum atomic E-state index is 12.4. The van der Waals surface area contributed by atoms with Crippen LogP contribution in [0.3, 0.4) is 0 Å². The van der Waals surface area contributed by atoms with E-state index in [1.807, 2.05) is 32.9 Å². The molecule has 0 spiro atoms. The predicted molar refractivity (Wildman–Crippen MR) is 84.5 cm³/mol. The van der Waals surface area contributed by atoms with Crippen molar-refractivity contribution in [2.24, 2.45) is 5.73 Å². The summed E-state index contributed by atoms with van der Waals surface area (Å²) >= 11 is 0.